The number of hydrogen-bond donors (Lipinski definition) is 2. The molecule has 1 aromatic carbocycles. The van der Waals surface area contributed by atoms with Crippen LogP contribution in [0.3, 0.4) is 0 Å². The highest BCUT2D eigenvalue weighted by molar-refractivity contribution is 9.10. The highest BCUT2D eigenvalue weighted by Gasteiger charge is 1.99. The average molecular weight is 243 g/mol. The van der Waals surface area contributed by atoms with Gasteiger partial charge in [-0.05, 0) is 46.5 Å². The fourth-order valence-electron chi connectivity index (χ4n) is 1.21. The molecule has 0 saturated heterocycles. The largest absolute Gasteiger partial charge is 0.323 e. The van der Waals surface area contributed by atoms with Gasteiger partial charge in [0, 0.05) is 4.47 Å². The third-order valence-electron chi connectivity index (χ3n) is 2.01. The fraction of sp³-hybridized carbons (Fsp3) is 0.400. The fourth-order valence-corrected chi connectivity index (χ4v) is 1.75. The number of hydrazine groups is 1. The first-order valence-electron chi connectivity index (χ1n) is 4.53. The summed E-state index contributed by atoms with van der Waals surface area (Å²) in [5.41, 5.74) is 4.92. The molecule has 0 radical (unpaired) electrons. The molecule has 3 N–H and O–H groups in total. The molecule has 72 valence electrons. The Morgan fingerprint density at radius 3 is 2.77 bits per heavy atom. The Morgan fingerprint density at radius 1 is 1.46 bits per heavy atom. The molecular weight excluding hydrogens is 228 g/mol. The minimum Gasteiger partial charge on any atom is -0.323 e. The van der Waals surface area contributed by atoms with E-state index in [1.165, 1.54) is 18.4 Å². The van der Waals surface area contributed by atoms with Crippen molar-refractivity contribution in [3.8, 4) is 0 Å². The second kappa shape index (κ2) is 5.25. The lowest BCUT2D eigenvalue weighted by atomic mass is 10.1. The first-order chi connectivity index (χ1) is 6.27. The summed E-state index contributed by atoms with van der Waals surface area (Å²) in [5, 5.41) is 0. The number of hydrogen-bond acceptors (Lipinski definition) is 2. The van der Waals surface area contributed by atoms with Crippen LogP contribution in [0, 0.1) is 0 Å². The molecule has 2 nitrogen and oxygen atoms in total. The van der Waals surface area contributed by atoms with Gasteiger partial charge in [0.05, 0.1) is 5.69 Å². The summed E-state index contributed by atoms with van der Waals surface area (Å²) in [4.78, 5) is 0. The van der Waals surface area contributed by atoms with Crippen molar-refractivity contribution in [2.24, 2.45) is 5.84 Å². The van der Waals surface area contributed by atoms with Crippen LogP contribution >= 0.6 is 15.9 Å². The molecule has 3 heteroatoms. The highest BCUT2D eigenvalue weighted by Crippen LogP contribution is 2.23. The van der Waals surface area contributed by atoms with Crippen LogP contribution in [0.4, 0.5) is 5.69 Å². The lowest BCUT2D eigenvalue weighted by molar-refractivity contribution is 0.795. The first-order valence-corrected chi connectivity index (χ1v) is 5.32. The Morgan fingerprint density at radius 2 is 2.23 bits per heavy atom. The van der Waals surface area contributed by atoms with Gasteiger partial charge < -0.3 is 5.43 Å². The summed E-state index contributed by atoms with van der Waals surface area (Å²) < 4.78 is 1.03. The summed E-state index contributed by atoms with van der Waals surface area (Å²) in [6.45, 7) is 2.20. The van der Waals surface area contributed by atoms with E-state index in [0.717, 1.165) is 16.6 Å². The number of aryl methyl sites for hydroxylation is 1. The molecule has 0 aliphatic heterocycles. The van der Waals surface area contributed by atoms with Crippen LogP contribution in [0.25, 0.3) is 0 Å². The van der Waals surface area contributed by atoms with E-state index in [9.17, 15) is 0 Å². The van der Waals surface area contributed by atoms with Crippen molar-refractivity contribution in [1.29, 1.82) is 0 Å². The predicted octanol–water partition coefficient (Wildman–Crippen LogP) is 3.08. The number of anilines is 1. The maximum atomic E-state index is 5.32. The molecular formula is C10H15BrN2. The van der Waals surface area contributed by atoms with Crippen molar-refractivity contribution >= 4 is 21.6 Å². The van der Waals surface area contributed by atoms with Crippen LogP contribution in [0.15, 0.2) is 22.7 Å². The van der Waals surface area contributed by atoms with Crippen LogP contribution < -0.4 is 11.3 Å². The van der Waals surface area contributed by atoms with Crippen LogP contribution in [-0.2, 0) is 6.42 Å². The summed E-state index contributed by atoms with van der Waals surface area (Å²) in [7, 11) is 0. The molecule has 0 saturated carbocycles. The molecule has 0 heterocycles. The minimum absolute atomic E-state index is 0.931. The number of unbranched alkanes of at least 4 members (excludes halogenated alkanes) is 1. The number of nitrogen functional groups attached to an aromatic ring is 1. The molecule has 0 fully saturated rings. The second-order valence-electron chi connectivity index (χ2n) is 3.06. The Balaban J connectivity index is 2.71. The van der Waals surface area contributed by atoms with Crippen LogP contribution in [0.2, 0.25) is 0 Å². The molecule has 1 rings (SSSR count). The molecule has 0 unspecified atom stereocenters. The molecule has 0 bridgehead atoms. The lowest BCUT2D eigenvalue weighted by Gasteiger charge is -2.05. The van der Waals surface area contributed by atoms with Gasteiger partial charge in [-0.25, -0.2) is 0 Å². The quantitative estimate of drug-likeness (QED) is 0.630. The van der Waals surface area contributed by atoms with Crippen molar-refractivity contribution < 1.29 is 0 Å². The van der Waals surface area contributed by atoms with E-state index in [0.29, 0.717) is 0 Å². The lowest BCUT2D eigenvalue weighted by Crippen LogP contribution is -2.07. The predicted molar refractivity (Wildman–Crippen MR) is 60.6 cm³/mol. The smallest absolute Gasteiger partial charge is 0.0627 e. The minimum atomic E-state index is 0.931. The molecule has 0 atom stereocenters. The van der Waals surface area contributed by atoms with Crippen LogP contribution in [0.1, 0.15) is 25.3 Å². The van der Waals surface area contributed by atoms with Crippen molar-refractivity contribution in [2.75, 3.05) is 5.43 Å². The average Bonchev–Trinajstić information content (AvgIpc) is 2.15. The van der Waals surface area contributed by atoms with Crippen molar-refractivity contribution in [3.63, 3.8) is 0 Å². The normalized spacial score (nSPS) is 10.1. The van der Waals surface area contributed by atoms with Gasteiger partial charge in [0.1, 0.15) is 0 Å². The number of nitrogens with two attached hydrogens (primary N) is 1. The summed E-state index contributed by atoms with van der Waals surface area (Å²) in [6.07, 6.45) is 3.61. The molecule has 0 aromatic heterocycles. The van der Waals surface area contributed by atoms with Gasteiger partial charge in [-0.2, -0.15) is 0 Å². The number of nitrogens with one attached hydrogen (secondary N) is 1. The Kier molecular flexibility index (Phi) is 4.25. The monoisotopic (exact) mass is 242 g/mol. The van der Waals surface area contributed by atoms with E-state index in [1.807, 2.05) is 6.07 Å². The van der Waals surface area contributed by atoms with Gasteiger partial charge in [0.25, 0.3) is 0 Å². The maximum absolute atomic E-state index is 5.32. The molecule has 0 spiro atoms. The summed E-state index contributed by atoms with van der Waals surface area (Å²) >= 11 is 3.46. The topological polar surface area (TPSA) is 38.0 Å². The van der Waals surface area contributed by atoms with Gasteiger partial charge in [0.15, 0.2) is 0 Å². The van der Waals surface area contributed by atoms with E-state index in [2.05, 4.69) is 40.4 Å². The SMILES string of the molecule is CCCCc1ccc(NN)c(Br)c1. The number of rotatable bonds is 4. The first kappa shape index (κ1) is 10.5. The van der Waals surface area contributed by atoms with Crippen molar-refractivity contribution in [2.45, 2.75) is 26.2 Å². The van der Waals surface area contributed by atoms with Gasteiger partial charge in [0.2, 0.25) is 0 Å². The third-order valence-corrected chi connectivity index (χ3v) is 2.66. The zero-order valence-electron chi connectivity index (χ0n) is 7.81. The summed E-state index contributed by atoms with van der Waals surface area (Å²) in [5.74, 6) is 5.32. The Hall–Kier alpha value is -0.540. The standard InChI is InChI=1S/C10H15BrN2/c1-2-3-4-8-5-6-10(13-12)9(11)7-8/h5-7,13H,2-4,12H2,1H3. The molecule has 0 aliphatic rings. The maximum Gasteiger partial charge on any atom is 0.0627 e. The molecule has 13 heavy (non-hydrogen) atoms. The third kappa shape index (κ3) is 3.01. The Labute approximate surface area is 87.6 Å². The molecule has 0 amide bonds. The van der Waals surface area contributed by atoms with E-state index in [4.69, 9.17) is 5.84 Å². The molecule has 1 aromatic rings. The van der Waals surface area contributed by atoms with Gasteiger partial charge >= 0.3 is 0 Å². The van der Waals surface area contributed by atoms with E-state index < -0.39 is 0 Å². The zero-order chi connectivity index (χ0) is 9.68. The molecule has 0 aliphatic carbocycles. The van der Waals surface area contributed by atoms with Gasteiger partial charge in [-0.1, -0.05) is 19.4 Å². The number of halogens is 1. The van der Waals surface area contributed by atoms with E-state index in [-0.39, 0.29) is 0 Å². The Bertz CT molecular complexity index is 274. The van der Waals surface area contributed by atoms with Crippen LogP contribution in [-0.4, -0.2) is 0 Å². The zero-order valence-corrected chi connectivity index (χ0v) is 9.39. The number of benzene rings is 1. The highest BCUT2D eigenvalue weighted by atomic mass is 79.9. The van der Waals surface area contributed by atoms with Crippen LogP contribution in [0.5, 0.6) is 0 Å². The van der Waals surface area contributed by atoms with E-state index >= 15 is 0 Å². The van der Waals surface area contributed by atoms with Gasteiger partial charge in [-0.3, -0.25) is 5.84 Å². The van der Waals surface area contributed by atoms with E-state index in [1.54, 1.807) is 0 Å². The van der Waals surface area contributed by atoms with Crippen molar-refractivity contribution in [1.82, 2.24) is 0 Å². The van der Waals surface area contributed by atoms with Gasteiger partial charge in [-0.15, -0.1) is 0 Å². The summed E-state index contributed by atoms with van der Waals surface area (Å²) in [6, 6.07) is 6.22. The van der Waals surface area contributed by atoms with Crippen molar-refractivity contribution in [3.05, 3.63) is 28.2 Å². The second-order valence-corrected chi connectivity index (χ2v) is 3.92.